The van der Waals surface area contributed by atoms with E-state index in [-0.39, 0.29) is 26.0 Å². The van der Waals surface area contributed by atoms with Gasteiger partial charge in [0.15, 0.2) is 0 Å². The van der Waals surface area contributed by atoms with E-state index in [9.17, 15) is 18.4 Å². The van der Waals surface area contributed by atoms with E-state index >= 15 is 0 Å². The van der Waals surface area contributed by atoms with Crippen LogP contribution in [0.4, 0.5) is 13.6 Å². The smallest absolute Gasteiger partial charge is 0.407 e. The fourth-order valence-corrected chi connectivity index (χ4v) is 3.86. The Hall–Kier alpha value is -1.40. The van der Waals surface area contributed by atoms with Crippen molar-refractivity contribution >= 4 is 12.1 Å². The average molecular weight is 333 g/mol. The van der Waals surface area contributed by atoms with Gasteiger partial charge in [-0.2, -0.15) is 0 Å². The molecule has 2 rings (SSSR count). The zero-order valence-corrected chi connectivity index (χ0v) is 14.1. The second kappa shape index (κ2) is 5.60. The molecule has 0 radical (unpaired) electrons. The van der Waals surface area contributed by atoms with Crippen LogP contribution in [0.5, 0.6) is 0 Å². The summed E-state index contributed by atoms with van der Waals surface area (Å²) in [5.41, 5.74) is -2.03. The van der Waals surface area contributed by atoms with Gasteiger partial charge in [-0.3, -0.25) is 4.79 Å². The number of esters is 1. The minimum atomic E-state index is -2.63. The number of carbonyl (C=O) groups excluding carboxylic acids is 2. The van der Waals surface area contributed by atoms with E-state index < -0.39 is 34.4 Å². The standard InChI is InChI=1S/C16H25F2NO4/c1-5-22-11(20)15(10-19-12(21)23-13(2,3)4)6-14(7-15)8-16(17,18)9-14/h5-10H2,1-4H3,(H,19,21). The second-order valence-corrected chi connectivity index (χ2v) is 7.92. The van der Waals surface area contributed by atoms with Crippen LogP contribution in [0.1, 0.15) is 53.4 Å². The Bertz CT molecular complexity index is 483. The fraction of sp³-hybridized carbons (Fsp3) is 0.875. The minimum absolute atomic E-state index is 0.0497. The predicted octanol–water partition coefficient (Wildman–Crippen LogP) is 3.27. The monoisotopic (exact) mass is 333 g/mol. The Morgan fingerprint density at radius 3 is 2.13 bits per heavy atom. The van der Waals surface area contributed by atoms with Crippen molar-refractivity contribution in [2.75, 3.05) is 13.2 Å². The second-order valence-electron chi connectivity index (χ2n) is 7.92. The van der Waals surface area contributed by atoms with E-state index in [1.165, 1.54) is 0 Å². The Morgan fingerprint density at radius 1 is 1.13 bits per heavy atom. The van der Waals surface area contributed by atoms with Crippen molar-refractivity contribution in [3.63, 3.8) is 0 Å². The summed E-state index contributed by atoms with van der Waals surface area (Å²) >= 11 is 0. The molecule has 5 nitrogen and oxygen atoms in total. The molecule has 2 fully saturated rings. The minimum Gasteiger partial charge on any atom is -0.466 e. The molecule has 0 unspecified atom stereocenters. The van der Waals surface area contributed by atoms with Crippen LogP contribution in [0.15, 0.2) is 0 Å². The van der Waals surface area contributed by atoms with Gasteiger partial charge in [-0.15, -0.1) is 0 Å². The van der Waals surface area contributed by atoms with Crippen LogP contribution < -0.4 is 5.32 Å². The number of hydrogen-bond acceptors (Lipinski definition) is 4. The molecule has 0 heterocycles. The molecule has 2 aliphatic rings. The van der Waals surface area contributed by atoms with E-state index in [2.05, 4.69) is 5.32 Å². The molecule has 7 heteroatoms. The van der Waals surface area contributed by atoms with E-state index in [0.717, 1.165) is 0 Å². The summed E-state index contributed by atoms with van der Waals surface area (Å²) in [7, 11) is 0. The zero-order valence-electron chi connectivity index (χ0n) is 14.1. The van der Waals surface area contributed by atoms with Crippen LogP contribution in [-0.4, -0.2) is 36.7 Å². The summed E-state index contributed by atoms with van der Waals surface area (Å²) < 4.78 is 36.5. The van der Waals surface area contributed by atoms with Crippen molar-refractivity contribution < 1.29 is 27.8 Å². The summed E-state index contributed by atoms with van der Waals surface area (Å²) in [5, 5.41) is 2.58. The topological polar surface area (TPSA) is 64.6 Å². The van der Waals surface area contributed by atoms with E-state index in [4.69, 9.17) is 9.47 Å². The van der Waals surface area contributed by atoms with Gasteiger partial charge in [-0.25, -0.2) is 13.6 Å². The average Bonchev–Trinajstić information content (AvgIpc) is 2.28. The highest BCUT2D eigenvalue weighted by molar-refractivity contribution is 5.80. The maximum atomic E-state index is 13.1. The van der Waals surface area contributed by atoms with Gasteiger partial charge < -0.3 is 14.8 Å². The number of carbonyl (C=O) groups is 2. The Morgan fingerprint density at radius 2 is 1.70 bits per heavy atom. The number of ether oxygens (including phenoxy) is 2. The molecule has 0 aliphatic heterocycles. The molecule has 0 aromatic carbocycles. The van der Waals surface area contributed by atoms with E-state index in [0.29, 0.717) is 12.8 Å². The number of hydrogen-bond donors (Lipinski definition) is 1. The van der Waals surface area contributed by atoms with Gasteiger partial charge >= 0.3 is 12.1 Å². The lowest BCUT2D eigenvalue weighted by atomic mass is 9.44. The first-order chi connectivity index (χ1) is 10.4. The van der Waals surface area contributed by atoms with Gasteiger partial charge in [0.05, 0.1) is 12.0 Å². The number of alkyl halides is 2. The third-order valence-corrected chi connectivity index (χ3v) is 4.37. The van der Waals surface area contributed by atoms with Crippen molar-refractivity contribution in [2.45, 2.75) is 64.9 Å². The maximum absolute atomic E-state index is 13.1. The maximum Gasteiger partial charge on any atom is 0.407 e. The quantitative estimate of drug-likeness (QED) is 0.802. The molecular formula is C16H25F2NO4. The van der Waals surface area contributed by atoms with Crippen molar-refractivity contribution in [1.82, 2.24) is 5.32 Å². The van der Waals surface area contributed by atoms with Gasteiger partial charge in [-0.05, 0) is 46.0 Å². The number of alkyl carbamates (subject to hydrolysis) is 1. The SMILES string of the molecule is CCOC(=O)C1(CNC(=O)OC(C)(C)C)CC2(CC(F)(F)C2)C1. The highest BCUT2D eigenvalue weighted by Crippen LogP contribution is 2.69. The highest BCUT2D eigenvalue weighted by Gasteiger charge is 2.69. The number of halogens is 2. The molecular weight excluding hydrogens is 308 g/mol. The summed E-state index contributed by atoms with van der Waals surface area (Å²) in [6, 6.07) is 0. The molecule has 2 saturated carbocycles. The van der Waals surface area contributed by atoms with Crippen molar-refractivity contribution in [3.05, 3.63) is 0 Å². The molecule has 1 spiro atoms. The lowest BCUT2D eigenvalue weighted by Gasteiger charge is -2.61. The predicted molar refractivity (Wildman–Crippen MR) is 79.2 cm³/mol. The summed E-state index contributed by atoms with van der Waals surface area (Å²) in [6.07, 6.45) is -0.351. The van der Waals surface area contributed by atoms with Crippen LogP contribution in [0.3, 0.4) is 0 Å². The number of amides is 1. The van der Waals surface area contributed by atoms with E-state index in [1.54, 1.807) is 27.7 Å². The summed E-state index contributed by atoms with van der Waals surface area (Å²) in [4.78, 5) is 24.0. The Labute approximate surface area is 135 Å². The molecule has 132 valence electrons. The largest absolute Gasteiger partial charge is 0.466 e. The molecule has 0 bridgehead atoms. The Balaban J connectivity index is 1.95. The molecule has 1 amide bonds. The van der Waals surface area contributed by atoms with Gasteiger partial charge in [0.25, 0.3) is 0 Å². The van der Waals surface area contributed by atoms with Crippen LogP contribution in [-0.2, 0) is 14.3 Å². The normalized spacial score (nSPS) is 23.4. The molecule has 2 aliphatic carbocycles. The molecule has 0 saturated heterocycles. The van der Waals surface area contributed by atoms with Gasteiger partial charge in [0, 0.05) is 19.4 Å². The van der Waals surface area contributed by atoms with Crippen molar-refractivity contribution in [2.24, 2.45) is 10.8 Å². The van der Waals surface area contributed by atoms with Gasteiger partial charge in [0.2, 0.25) is 5.92 Å². The van der Waals surface area contributed by atoms with Gasteiger partial charge in [0.1, 0.15) is 5.60 Å². The fourth-order valence-electron chi connectivity index (χ4n) is 3.86. The first kappa shape index (κ1) is 17.9. The third-order valence-electron chi connectivity index (χ3n) is 4.37. The van der Waals surface area contributed by atoms with Gasteiger partial charge in [-0.1, -0.05) is 0 Å². The van der Waals surface area contributed by atoms with Crippen LogP contribution in [0.25, 0.3) is 0 Å². The molecule has 0 aromatic rings. The van der Waals surface area contributed by atoms with Crippen molar-refractivity contribution in [3.8, 4) is 0 Å². The summed E-state index contributed by atoms with van der Waals surface area (Å²) in [5.74, 6) is -3.06. The summed E-state index contributed by atoms with van der Waals surface area (Å²) in [6.45, 7) is 7.18. The van der Waals surface area contributed by atoms with Crippen LogP contribution >= 0.6 is 0 Å². The first-order valence-electron chi connectivity index (χ1n) is 7.93. The molecule has 23 heavy (non-hydrogen) atoms. The highest BCUT2D eigenvalue weighted by atomic mass is 19.3. The number of nitrogens with one attached hydrogen (secondary N) is 1. The van der Waals surface area contributed by atoms with E-state index in [1.807, 2.05) is 0 Å². The molecule has 0 aromatic heterocycles. The van der Waals surface area contributed by atoms with Crippen molar-refractivity contribution in [1.29, 1.82) is 0 Å². The van der Waals surface area contributed by atoms with Crippen LogP contribution in [0.2, 0.25) is 0 Å². The number of rotatable bonds is 4. The first-order valence-corrected chi connectivity index (χ1v) is 7.93. The molecule has 0 atom stereocenters. The lowest BCUT2D eigenvalue weighted by Crippen LogP contribution is -2.64. The third kappa shape index (κ3) is 3.93. The Kier molecular flexibility index (Phi) is 4.37. The zero-order chi connectivity index (χ0) is 17.5. The lowest BCUT2D eigenvalue weighted by molar-refractivity contribution is -0.236. The van der Waals surface area contributed by atoms with Crippen LogP contribution in [0, 0.1) is 10.8 Å². The molecule has 1 N–H and O–H groups in total.